The van der Waals surface area contributed by atoms with Crippen molar-refractivity contribution in [1.29, 1.82) is 0 Å². The van der Waals surface area contributed by atoms with Crippen molar-refractivity contribution in [1.82, 2.24) is 5.64 Å². The first-order valence-corrected chi connectivity index (χ1v) is 10.8. The van der Waals surface area contributed by atoms with Gasteiger partial charge in [-0.25, -0.2) is 9.59 Å². The number of hydrogen-bond acceptors (Lipinski definition) is 9. The van der Waals surface area contributed by atoms with Crippen LogP contribution in [-0.4, -0.2) is 51.0 Å². The van der Waals surface area contributed by atoms with Gasteiger partial charge in [-0.2, -0.15) is 13.2 Å². The van der Waals surface area contributed by atoms with Crippen molar-refractivity contribution in [2.24, 2.45) is 0 Å². The predicted octanol–water partition coefficient (Wildman–Crippen LogP) is 4.86. The highest BCUT2D eigenvalue weighted by Crippen LogP contribution is 2.42. The highest BCUT2D eigenvalue weighted by Gasteiger charge is 2.49. The Morgan fingerprint density at radius 3 is 2.49 bits per heavy atom. The lowest BCUT2D eigenvalue weighted by Crippen LogP contribution is -2.41. The summed E-state index contributed by atoms with van der Waals surface area (Å²) in [5.74, 6) is -1.45. The number of fused-ring (bicyclic) bond motifs is 1. The first-order chi connectivity index (χ1) is 16.2. The second-order valence-electron chi connectivity index (χ2n) is 8.56. The van der Waals surface area contributed by atoms with Crippen LogP contribution in [0.15, 0.2) is 17.7 Å². The van der Waals surface area contributed by atoms with Crippen molar-refractivity contribution >= 4 is 29.8 Å². The second-order valence-corrected chi connectivity index (χ2v) is 8.96. The standard InChI is InChI=1S/C22H27ClF3NO8/c1-12(6-7-33-27-30-5)34-20(29)32-11-31-19(28)14-8-13-9-16(23)15(21(2,3)4)10-17(13)35-18(14)22(24,25)26/h8-10,12,18,27H,6-7,11H2,1-5H3. The number of esters is 1. The maximum atomic E-state index is 13.7. The Hall–Kier alpha value is -2.54. The molecule has 13 heteroatoms. The molecule has 0 aromatic heterocycles. The maximum absolute atomic E-state index is 13.7. The number of benzene rings is 1. The van der Waals surface area contributed by atoms with Crippen molar-refractivity contribution in [3.8, 4) is 5.75 Å². The molecule has 35 heavy (non-hydrogen) atoms. The van der Waals surface area contributed by atoms with Crippen LogP contribution in [0.1, 0.15) is 45.2 Å². The number of carbonyl (C=O) groups excluding carboxylic acids is 2. The fourth-order valence-corrected chi connectivity index (χ4v) is 3.45. The molecule has 0 bridgehead atoms. The lowest BCUT2D eigenvalue weighted by molar-refractivity contribution is -0.189. The van der Waals surface area contributed by atoms with E-state index in [0.717, 1.165) is 6.08 Å². The van der Waals surface area contributed by atoms with E-state index >= 15 is 0 Å². The molecule has 2 rings (SSSR count). The number of nitrogens with one attached hydrogen (secondary N) is 1. The highest BCUT2D eigenvalue weighted by molar-refractivity contribution is 6.31. The van der Waals surface area contributed by atoms with Gasteiger partial charge >= 0.3 is 18.3 Å². The third-order valence-corrected chi connectivity index (χ3v) is 5.02. The van der Waals surface area contributed by atoms with Gasteiger partial charge in [0.15, 0.2) is 0 Å². The SMILES string of the molecule is CONOCCC(C)OC(=O)OCOC(=O)C1=Cc2cc(Cl)c(C(C)(C)C)cc2OC1C(F)(F)F. The molecule has 2 atom stereocenters. The zero-order valence-corrected chi connectivity index (χ0v) is 20.5. The van der Waals surface area contributed by atoms with E-state index in [1.54, 1.807) is 6.92 Å². The average molecular weight is 526 g/mol. The Labute approximate surface area is 205 Å². The summed E-state index contributed by atoms with van der Waals surface area (Å²) < 4.78 is 60.4. The minimum Gasteiger partial charge on any atom is -0.475 e. The van der Waals surface area contributed by atoms with E-state index in [1.165, 1.54) is 19.2 Å². The first kappa shape index (κ1) is 28.7. The number of halogens is 4. The molecular weight excluding hydrogens is 499 g/mol. The Bertz CT molecular complexity index is 946. The molecule has 0 radical (unpaired) electrons. The minimum absolute atomic E-state index is 0.0725. The van der Waals surface area contributed by atoms with Crippen LogP contribution in [0.2, 0.25) is 5.02 Å². The van der Waals surface area contributed by atoms with Gasteiger partial charge in [0.25, 0.3) is 0 Å². The smallest absolute Gasteiger partial charge is 0.475 e. The highest BCUT2D eigenvalue weighted by atomic mass is 35.5. The van der Waals surface area contributed by atoms with Gasteiger partial charge in [-0.05, 0) is 36.1 Å². The molecule has 196 valence electrons. The first-order valence-electron chi connectivity index (χ1n) is 10.4. The summed E-state index contributed by atoms with van der Waals surface area (Å²) in [7, 11) is 1.35. The summed E-state index contributed by atoms with van der Waals surface area (Å²) in [5, 5.41) is 0.304. The van der Waals surface area contributed by atoms with Crippen molar-refractivity contribution in [2.45, 2.75) is 57.9 Å². The summed E-state index contributed by atoms with van der Waals surface area (Å²) in [5.41, 5.74) is 1.62. The quantitative estimate of drug-likeness (QED) is 0.209. The molecule has 9 nitrogen and oxygen atoms in total. The average Bonchev–Trinajstić information content (AvgIpc) is 2.73. The van der Waals surface area contributed by atoms with Gasteiger partial charge in [-0.1, -0.05) is 38.0 Å². The van der Waals surface area contributed by atoms with Crippen LogP contribution in [0.4, 0.5) is 18.0 Å². The minimum atomic E-state index is -4.92. The predicted molar refractivity (Wildman–Crippen MR) is 117 cm³/mol. The van der Waals surface area contributed by atoms with Gasteiger partial charge in [-0.3, -0.25) is 9.68 Å². The third-order valence-electron chi connectivity index (χ3n) is 4.71. The largest absolute Gasteiger partial charge is 0.511 e. The molecule has 1 N–H and O–H groups in total. The molecule has 1 heterocycles. The summed E-state index contributed by atoms with van der Waals surface area (Å²) in [6.45, 7) is 6.28. The molecule has 0 fully saturated rings. The molecule has 1 aromatic carbocycles. The summed E-state index contributed by atoms with van der Waals surface area (Å²) in [6, 6.07) is 2.84. The third kappa shape index (κ3) is 8.27. The van der Waals surface area contributed by atoms with Gasteiger partial charge in [0, 0.05) is 17.0 Å². The van der Waals surface area contributed by atoms with E-state index < -0.39 is 48.3 Å². The Morgan fingerprint density at radius 1 is 1.20 bits per heavy atom. The number of ether oxygens (including phenoxy) is 4. The summed E-state index contributed by atoms with van der Waals surface area (Å²) >= 11 is 6.29. The molecule has 1 aliphatic heterocycles. The number of carbonyl (C=O) groups is 2. The summed E-state index contributed by atoms with van der Waals surface area (Å²) in [4.78, 5) is 33.4. The van der Waals surface area contributed by atoms with Gasteiger partial charge in [0.05, 0.1) is 19.3 Å². The van der Waals surface area contributed by atoms with Gasteiger partial charge < -0.3 is 18.9 Å². The normalized spacial score (nSPS) is 16.5. The molecule has 0 aliphatic carbocycles. The van der Waals surface area contributed by atoms with Crippen LogP contribution >= 0.6 is 11.6 Å². The van der Waals surface area contributed by atoms with E-state index in [0.29, 0.717) is 10.6 Å². The molecule has 2 unspecified atom stereocenters. The van der Waals surface area contributed by atoms with Gasteiger partial charge in [0.1, 0.15) is 11.9 Å². The van der Waals surface area contributed by atoms with E-state index in [9.17, 15) is 22.8 Å². The topological polar surface area (TPSA) is 102 Å². The lowest BCUT2D eigenvalue weighted by Gasteiger charge is -2.30. The Morgan fingerprint density at radius 2 is 1.89 bits per heavy atom. The fourth-order valence-electron chi connectivity index (χ4n) is 3.00. The maximum Gasteiger partial charge on any atom is 0.511 e. The van der Waals surface area contributed by atoms with Crippen molar-refractivity contribution in [2.75, 3.05) is 20.5 Å². The number of hydrogen-bond donors (Lipinski definition) is 1. The van der Waals surface area contributed by atoms with Crippen molar-refractivity contribution < 1.29 is 51.4 Å². The monoisotopic (exact) mass is 525 g/mol. The van der Waals surface area contributed by atoms with Crippen LogP contribution < -0.4 is 10.4 Å². The number of rotatable bonds is 9. The van der Waals surface area contributed by atoms with E-state index in [2.05, 4.69) is 15.2 Å². The molecule has 0 amide bonds. The van der Waals surface area contributed by atoms with Gasteiger partial charge in [-0.15, -0.1) is 0 Å². The Kier molecular flexibility index (Phi) is 9.78. The zero-order chi connectivity index (χ0) is 26.4. The lowest BCUT2D eigenvalue weighted by atomic mass is 9.85. The van der Waals surface area contributed by atoms with Crippen LogP contribution in [-0.2, 0) is 34.1 Å². The Balaban J connectivity index is 2.06. The van der Waals surface area contributed by atoms with E-state index in [4.69, 9.17) is 30.6 Å². The number of alkyl halides is 3. The van der Waals surface area contributed by atoms with Crippen LogP contribution in [0.3, 0.4) is 0 Å². The molecular formula is C22H27ClF3NO8. The molecule has 1 aliphatic rings. The molecule has 0 spiro atoms. The van der Waals surface area contributed by atoms with Crippen molar-refractivity contribution in [3.63, 3.8) is 0 Å². The second kappa shape index (κ2) is 11.9. The molecule has 0 saturated carbocycles. The fraction of sp³-hybridized carbons (Fsp3) is 0.545. The van der Waals surface area contributed by atoms with E-state index in [1.807, 2.05) is 20.8 Å². The van der Waals surface area contributed by atoms with Crippen LogP contribution in [0, 0.1) is 0 Å². The van der Waals surface area contributed by atoms with Gasteiger partial charge in [0.2, 0.25) is 12.9 Å². The summed E-state index contributed by atoms with van der Waals surface area (Å²) in [6.07, 6.45) is -8.03. The molecule has 0 saturated heterocycles. The zero-order valence-electron chi connectivity index (χ0n) is 19.8. The van der Waals surface area contributed by atoms with Crippen molar-refractivity contribution in [3.05, 3.63) is 33.9 Å². The molecule has 1 aromatic rings. The van der Waals surface area contributed by atoms with E-state index in [-0.39, 0.29) is 24.3 Å². The van der Waals surface area contributed by atoms with Crippen LogP contribution in [0.25, 0.3) is 6.08 Å². The van der Waals surface area contributed by atoms with Crippen LogP contribution in [0.5, 0.6) is 5.75 Å².